The van der Waals surface area contributed by atoms with Crippen LogP contribution >= 0.6 is 0 Å². The van der Waals surface area contributed by atoms with Crippen LogP contribution in [0.1, 0.15) is 37.8 Å². The van der Waals surface area contributed by atoms with E-state index in [-0.39, 0.29) is 17.7 Å². The smallest absolute Gasteiger partial charge is 0.316 e. The van der Waals surface area contributed by atoms with Gasteiger partial charge in [0.2, 0.25) is 0 Å². The summed E-state index contributed by atoms with van der Waals surface area (Å²) in [5.74, 6) is -0.941. The molecule has 2 unspecified atom stereocenters. The standard InChI is InChI=1S/C17H22O3/c1-3-15(17(19)20-4-2)16(18)14-10-9-12-7-5-6-8-13(12)11-14/h5-8,14-15H,3-4,9-11H2,1-2H3. The molecule has 0 fully saturated rings. The monoisotopic (exact) mass is 274 g/mol. The number of aryl methyl sites for hydroxylation is 1. The quantitative estimate of drug-likeness (QED) is 0.612. The second kappa shape index (κ2) is 6.69. The Morgan fingerprint density at radius 1 is 1.25 bits per heavy atom. The average molecular weight is 274 g/mol. The number of hydrogen-bond donors (Lipinski definition) is 0. The van der Waals surface area contributed by atoms with Crippen molar-refractivity contribution in [2.75, 3.05) is 6.61 Å². The summed E-state index contributed by atoms with van der Waals surface area (Å²) in [5.41, 5.74) is 2.58. The number of benzene rings is 1. The molecule has 0 N–H and O–H groups in total. The fraction of sp³-hybridized carbons (Fsp3) is 0.529. The number of carbonyl (C=O) groups is 2. The van der Waals surface area contributed by atoms with Gasteiger partial charge in [0.1, 0.15) is 11.7 Å². The highest BCUT2D eigenvalue weighted by Gasteiger charge is 2.33. The topological polar surface area (TPSA) is 43.4 Å². The summed E-state index contributed by atoms with van der Waals surface area (Å²) in [5, 5.41) is 0. The van der Waals surface area contributed by atoms with Crippen LogP contribution in [0.2, 0.25) is 0 Å². The number of ketones is 1. The van der Waals surface area contributed by atoms with Crippen LogP contribution in [0.25, 0.3) is 0 Å². The first kappa shape index (κ1) is 14.8. The van der Waals surface area contributed by atoms with E-state index in [0.29, 0.717) is 13.0 Å². The van der Waals surface area contributed by atoms with Crippen molar-refractivity contribution in [2.24, 2.45) is 11.8 Å². The molecule has 0 saturated carbocycles. The van der Waals surface area contributed by atoms with Gasteiger partial charge < -0.3 is 4.74 Å². The molecule has 0 aliphatic heterocycles. The van der Waals surface area contributed by atoms with Crippen LogP contribution in [-0.2, 0) is 27.2 Å². The predicted octanol–water partition coefficient (Wildman–Crippen LogP) is 2.95. The summed E-state index contributed by atoms with van der Waals surface area (Å²) in [7, 11) is 0. The van der Waals surface area contributed by atoms with Crippen LogP contribution < -0.4 is 0 Å². The van der Waals surface area contributed by atoms with Gasteiger partial charge in [-0.25, -0.2) is 0 Å². The van der Waals surface area contributed by atoms with Gasteiger partial charge in [0.25, 0.3) is 0 Å². The lowest BCUT2D eigenvalue weighted by atomic mass is 9.78. The molecule has 0 saturated heterocycles. The van der Waals surface area contributed by atoms with Crippen LogP contribution in [0, 0.1) is 11.8 Å². The molecule has 1 aliphatic carbocycles. The Kier molecular flexibility index (Phi) is 4.94. The van der Waals surface area contributed by atoms with Crippen molar-refractivity contribution in [3.05, 3.63) is 35.4 Å². The van der Waals surface area contributed by atoms with E-state index in [2.05, 4.69) is 12.1 Å². The molecule has 0 aromatic heterocycles. The van der Waals surface area contributed by atoms with Gasteiger partial charge in [0.15, 0.2) is 0 Å². The first-order valence-corrected chi connectivity index (χ1v) is 7.44. The van der Waals surface area contributed by atoms with E-state index < -0.39 is 5.92 Å². The molecule has 108 valence electrons. The van der Waals surface area contributed by atoms with Crippen LogP contribution in [0.5, 0.6) is 0 Å². The summed E-state index contributed by atoms with van der Waals surface area (Å²) in [6.07, 6.45) is 3.04. The fourth-order valence-electron chi connectivity index (χ4n) is 2.95. The summed E-state index contributed by atoms with van der Waals surface area (Å²) in [6.45, 7) is 3.97. The maximum absolute atomic E-state index is 12.6. The second-order valence-electron chi connectivity index (χ2n) is 5.32. The molecule has 3 heteroatoms. The third-order valence-electron chi connectivity index (χ3n) is 4.07. The molecule has 1 aromatic rings. The van der Waals surface area contributed by atoms with Crippen LogP contribution in [0.4, 0.5) is 0 Å². The third kappa shape index (κ3) is 3.09. The van der Waals surface area contributed by atoms with Gasteiger partial charge in [-0.05, 0) is 43.7 Å². The highest BCUT2D eigenvalue weighted by molar-refractivity contribution is 6.00. The van der Waals surface area contributed by atoms with Gasteiger partial charge in [-0.15, -0.1) is 0 Å². The zero-order chi connectivity index (χ0) is 14.5. The average Bonchev–Trinajstić information content (AvgIpc) is 2.47. The van der Waals surface area contributed by atoms with Crippen LogP contribution in [-0.4, -0.2) is 18.4 Å². The minimum atomic E-state index is -0.592. The lowest BCUT2D eigenvalue weighted by Gasteiger charge is -2.26. The highest BCUT2D eigenvalue weighted by atomic mass is 16.5. The SMILES string of the molecule is CCOC(=O)C(CC)C(=O)C1CCc2ccccc2C1. The van der Waals surface area contributed by atoms with Gasteiger partial charge in [0, 0.05) is 5.92 Å². The molecule has 3 nitrogen and oxygen atoms in total. The molecule has 0 heterocycles. The molecular weight excluding hydrogens is 252 g/mol. The van der Waals surface area contributed by atoms with Gasteiger partial charge in [-0.1, -0.05) is 31.2 Å². The van der Waals surface area contributed by atoms with Crippen molar-refractivity contribution in [3.8, 4) is 0 Å². The molecule has 2 atom stereocenters. The van der Waals surface area contributed by atoms with Gasteiger partial charge >= 0.3 is 5.97 Å². The van der Waals surface area contributed by atoms with Crippen molar-refractivity contribution >= 4 is 11.8 Å². The van der Waals surface area contributed by atoms with Gasteiger partial charge in [-0.3, -0.25) is 9.59 Å². The van der Waals surface area contributed by atoms with Crippen molar-refractivity contribution < 1.29 is 14.3 Å². The number of hydrogen-bond acceptors (Lipinski definition) is 3. The summed E-state index contributed by atoms with van der Waals surface area (Å²) >= 11 is 0. The normalized spacial score (nSPS) is 19.0. The van der Waals surface area contributed by atoms with E-state index in [1.165, 1.54) is 11.1 Å². The lowest BCUT2D eigenvalue weighted by molar-refractivity contribution is -0.152. The Hall–Kier alpha value is -1.64. The number of fused-ring (bicyclic) bond motifs is 1. The Bertz CT molecular complexity index is 493. The molecule has 0 bridgehead atoms. The van der Waals surface area contributed by atoms with E-state index in [9.17, 15) is 9.59 Å². The van der Waals surface area contributed by atoms with Crippen molar-refractivity contribution in [1.29, 1.82) is 0 Å². The zero-order valence-corrected chi connectivity index (χ0v) is 12.2. The summed E-state index contributed by atoms with van der Waals surface area (Å²) in [6, 6.07) is 8.25. The first-order chi connectivity index (χ1) is 9.67. The van der Waals surface area contributed by atoms with Gasteiger partial charge in [0.05, 0.1) is 6.61 Å². The Morgan fingerprint density at radius 3 is 2.60 bits per heavy atom. The first-order valence-electron chi connectivity index (χ1n) is 7.44. The second-order valence-corrected chi connectivity index (χ2v) is 5.32. The molecule has 0 amide bonds. The summed E-state index contributed by atoms with van der Waals surface area (Å²) < 4.78 is 5.02. The Morgan fingerprint density at radius 2 is 1.95 bits per heavy atom. The fourth-order valence-corrected chi connectivity index (χ4v) is 2.95. The van der Waals surface area contributed by atoms with Crippen molar-refractivity contribution in [3.63, 3.8) is 0 Å². The number of rotatable bonds is 5. The Balaban J connectivity index is 2.08. The molecule has 0 radical (unpaired) electrons. The highest BCUT2D eigenvalue weighted by Crippen LogP contribution is 2.28. The minimum absolute atomic E-state index is 0.0424. The predicted molar refractivity (Wildman–Crippen MR) is 77.4 cm³/mol. The van der Waals surface area contributed by atoms with Crippen molar-refractivity contribution in [1.82, 2.24) is 0 Å². The lowest BCUT2D eigenvalue weighted by Crippen LogP contribution is -2.33. The molecule has 1 aromatic carbocycles. The molecule has 0 spiro atoms. The molecule has 1 aliphatic rings. The van der Waals surface area contributed by atoms with Gasteiger partial charge in [-0.2, -0.15) is 0 Å². The van der Waals surface area contributed by atoms with E-state index >= 15 is 0 Å². The number of esters is 1. The molecular formula is C17H22O3. The van der Waals surface area contributed by atoms with E-state index in [0.717, 1.165) is 19.3 Å². The van der Waals surface area contributed by atoms with E-state index in [1.807, 2.05) is 19.1 Å². The largest absolute Gasteiger partial charge is 0.465 e. The maximum Gasteiger partial charge on any atom is 0.316 e. The van der Waals surface area contributed by atoms with E-state index in [1.54, 1.807) is 6.92 Å². The van der Waals surface area contributed by atoms with Crippen molar-refractivity contribution in [2.45, 2.75) is 39.5 Å². The Labute approximate surface area is 120 Å². The molecule has 2 rings (SSSR count). The van der Waals surface area contributed by atoms with Crippen LogP contribution in [0.15, 0.2) is 24.3 Å². The number of ether oxygens (including phenoxy) is 1. The summed E-state index contributed by atoms with van der Waals surface area (Å²) in [4.78, 5) is 24.4. The number of Topliss-reactive ketones (excluding diaryl/α,β-unsaturated/α-hetero) is 1. The number of carbonyl (C=O) groups excluding carboxylic acids is 2. The minimum Gasteiger partial charge on any atom is -0.465 e. The molecule has 20 heavy (non-hydrogen) atoms. The van der Waals surface area contributed by atoms with Crippen LogP contribution in [0.3, 0.4) is 0 Å². The maximum atomic E-state index is 12.6. The third-order valence-corrected chi connectivity index (χ3v) is 4.07. The zero-order valence-electron chi connectivity index (χ0n) is 12.2. The van der Waals surface area contributed by atoms with E-state index in [4.69, 9.17) is 4.74 Å².